The third-order valence-corrected chi connectivity index (χ3v) is 3.22. The van der Waals surface area contributed by atoms with Crippen molar-refractivity contribution in [1.29, 1.82) is 0 Å². The van der Waals surface area contributed by atoms with Crippen molar-refractivity contribution >= 4 is 5.97 Å². The van der Waals surface area contributed by atoms with Crippen LogP contribution in [0.4, 0.5) is 0 Å². The van der Waals surface area contributed by atoms with E-state index in [1.807, 2.05) is 19.9 Å². The summed E-state index contributed by atoms with van der Waals surface area (Å²) in [7, 11) is 0. The monoisotopic (exact) mass is 291 g/mol. The summed E-state index contributed by atoms with van der Waals surface area (Å²) in [4.78, 5) is 12.2. The molecule has 1 fully saturated rings. The van der Waals surface area contributed by atoms with E-state index < -0.39 is 11.9 Å². The smallest absolute Gasteiger partial charge is 0.338 e. The van der Waals surface area contributed by atoms with E-state index in [1.54, 1.807) is 30.3 Å². The highest BCUT2D eigenvalue weighted by molar-refractivity contribution is 5.89. The molecule has 2 N–H and O–H groups in total. The average Bonchev–Trinajstić information content (AvgIpc) is 2.84. The van der Waals surface area contributed by atoms with Gasteiger partial charge in [0.2, 0.25) is 0 Å². The molecule has 2 rings (SSSR count). The average molecular weight is 291 g/mol. The molecule has 0 spiro atoms. The lowest BCUT2D eigenvalue weighted by Crippen LogP contribution is -2.34. The fraction of sp³-hybridized carbons (Fsp3) is 0.438. The van der Waals surface area contributed by atoms with Gasteiger partial charge in [-0.15, -0.1) is 0 Å². The van der Waals surface area contributed by atoms with Gasteiger partial charge in [0.15, 0.2) is 5.79 Å². The number of benzene rings is 1. The Morgan fingerprint density at radius 1 is 1.48 bits per heavy atom. The van der Waals surface area contributed by atoms with Gasteiger partial charge in [-0.3, -0.25) is 0 Å². The summed E-state index contributed by atoms with van der Waals surface area (Å²) in [6.45, 7) is 4.06. The second-order valence-electron chi connectivity index (χ2n) is 5.34. The molecule has 1 heterocycles. The fourth-order valence-corrected chi connectivity index (χ4v) is 2.17. The van der Waals surface area contributed by atoms with E-state index >= 15 is 0 Å². The molecule has 5 heteroatoms. The first-order valence-corrected chi connectivity index (χ1v) is 6.96. The van der Waals surface area contributed by atoms with Crippen molar-refractivity contribution in [3.05, 3.63) is 48.2 Å². The number of carbonyl (C=O) groups excluding carboxylic acids is 1. The summed E-state index contributed by atoms with van der Waals surface area (Å²) in [5.41, 5.74) is 5.89. The molecular formula is C16H21NO4. The summed E-state index contributed by atoms with van der Waals surface area (Å²) < 4.78 is 16.9. The number of hydrogen-bond acceptors (Lipinski definition) is 5. The largest absolute Gasteiger partial charge is 0.456 e. The molecule has 0 radical (unpaired) electrons. The Morgan fingerprint density at radius 2 is 2.19 bits per heavy atom. The molecule has 0 aliphatic carbocycles. The van der Waals surface area contributed by atoms with Crippen LogP contribution in [-0.2, 0) is 14.2 Å². The summed E-state index contributed by atoms with van der Waals surface area (Å²) in [5.74, 6) is -1.03. The van der Waals surface area contributed by atoms with E-state index in [-0.39, 0.29) is 12.1 Å². The van der Waals surface area contributed by atoms with Crippen LogP contribution in [-0.4, -0.2) is 30.6 Å². The Labute approximate surface area is 124 Å². The lowest BCUT2D eigenvalue weighted by atomic mass is 10.1. The van der Waals surface area contributed by atoms with Crippen LogP contribution in [0.1, 0.15) is 30.6 Å². The standard InChI is InChI=1S/C16H21NO4/c1-16(2)19-11-14(21-16)13(9-6-10-17)20-15(18)12-7-4-3-5-8-12/h3-8,10,13-14H,9,11,17H2,1-2H3/b10-6+/t13-,14+/m0/s1. The highest BCUT2D eigenvalue weighted by Crippen LogP contribution is 2.27. The minimum atomic E-state index is -0.658. The first-order chi connectivity index (χ1) is 10.0. The fourth-order valence-electron chi connectivity index (χ4n) is 2.17. The molecule has 0 unspecified atom stereocenters. The zero-order chi connectivity index (χ0) is 15.3. The van der Waals surface area contributed by atoms with E-state index in [0.29, 0.717) is 18.6 Å². The molecular weight excluding hydrogens is 270 g/mol. The summed E-state index contributed by atoms with van der Waals surface area (Å²) >= 11 is 0. The lowest BCUT2D eigenvalue weighted by Gasteiger charge is -2.23. The zero-order valence-corrected chi connectivity index (χ0v) is 12.3. The summed E-state index contributed by atoms with van der Waals surface area (Å²) in [6.07, 6.45) is 2.93. The maximum atomic E-state index is 12.2. The van der Waals surface area contributed by atoms with Crippen molar-refractivity contribution in [3.63, 3.8) is 0 Å². The van der Waals surface area contributed by atoms with Gasteiger partial charge in [-0.25, -0.2) is 4.79 Å². The number of rotatable bonds is 5. The molecule has 1 aromatic carbocycles. The molecule has 0 saturated carbocycles. The first-order valence-electron chi connectivity index (χ1n) is 6.96. The van der Waals surface area contributed by atoms with Gasteiger partial charge in [-0.1, -0.05) is 24.3 Å². The summed E-state index contributed by atoms with van der Waals surface area (Å²) in [5, 5.41) is 0. The Hall–Kier alpha value is -1.85. The van der Waals surface area contributed by atoms with Crippen LogP contribution in [0.2, 0.25) is 0 Å². The van der Waals surface area contributed by atoms with Gasteiger partial charge < -0.3 is 19.9 Å². The van der Waals surface area contributed by atoms with Crippen LogP contribution in [0.5, 0.6) is 0 Å². The minimum Gasteiger partial charge on any atom is -0.456 e. The predicted octanol–water partition coefficient (Wildman–Crippen LogP) is 2.23. The summed E-state index contributed by atoms with van der Waals surface area (Å²) in [6, 6.07) is 8.87. The highest BCUT2D eigenvalue weighted by Gasteiger charge is 2.38. The van der Waals surface area contributed by atoms with Crippen molar-refractivity contribution in [2.45, 2.75) is 38.3 Å². The minimum absolute atomic E-state index is 0.302. The van der Waals surface area contributed by atoms with E-state index in [1.165, 1.54) is 6.20 Å². The zero-order valence-electron chi connectivity index (χ0n) is 12.3. The van der Waals surface area contributed by atoms with E-state index in [4.69, 9.17) is 19.9 Å². The number of ether oxygens (including phenoxy) is 3. The number of carbonyl (C=O) groups is 1. The Bertz CT molecular complexity index is 498. The number of esters is 1. The second kappa shape index (κ2) is 6.74. The predicted molar refractivity (Wildman–Crippen MR) is 78.5 cm³/mol. The number of hydrogen-bond donors (Lipinski definition) is 1. The molecule has 0 amide bonds. The second-order valence-corrected chi connectivity index (χ2v) is 5.34. The molecule has 2 atom stereocenters. The van der Waals surface area contributed by atoms with Gasteiger partial charge in [0, 0.05) is 6.42 Å². The first kappa shape index (κ1) is 15.5. The molecule has 114 valence electrons. The molecule has 21 heavy (non-hydrogen) atoms. The topological polar surface area (TPSA) is 70.8 Å². The van der Waals surface area contributed by atoms with Crippen LogP contribution >= 0.6 is 0 Å². The van der Waals surface area contributed by atoms with E-state index in [0.717, 1.165) is 0 Å². The van der Waals surface area contributed by atoms with Gasteiger partial charge in [-0.2, -0.15) is 0 Å². The molecule has 1 saturated heterocycles. The van der Waals surface area contributed by atoms with Gasteiger partial charge >= 0.3 is 5.97 Å². The van der Waals surface area contributed by atoms with Crippen molar-refractivity contribution < 1.29 is 19.0 Å². The quantitative estimate of drug-likeness (QED) is 0.842. The third kappa shape index (κ3) is 4.31. The molecule has 0 bridgehead atoms. The van der Waals surface area contributed by atoms with Crippen molar-refractivity contribution in [2.75, 3.05) is 6.61 Å². The third-order valence-electron chi connectivity index (χ3n) is 3.22. The molecule has 1 aliphatic rings. The van der Waals surface area contributed by atoms with Crippen LogP contribution in [0, 0.1) is 0 Å². The van der Waals surface area contributed by atoms with Gasteiger partial charge in [0.1, 0.15) is 12.2 Å². The van der Waals surface area contributed by atoms with Crippen LogP contribution in [0.15, 0.2) is 42.6 Å². The van der Waals surface area contributed by atoms with E-state index in [9.17, 15) is 4.79 Å². The normalized spacial score (nSPS) is 22.3. The van der Waals surface area contributed by atoms with Crippen molar-refractivity contribution in [1.82, 2.24) is 0 Å². The van der Waals surface area contributed by atoms with Gasteiger partial charge in [-0.05, 0) is 32.2 Å². The van der Waals surface area contributed by atoms with Crippen LogP contribution < -0.4 is 5.73 Å². The maximum absolute atomic E-state index is 12.2. The highest BCUT2D eigenvalue weighted by atomic mass is 16.7. The van der Waals surface area contributed by atoms with Crippen LogP contribution in [0.3, 0.4) is 0 Å². The molecule has 5 nitrogen and oxygen atoms in total. The van der Waals surface area contributed by atoms with E-state index in [2.05, 4.69) is 0 Å². The molecule has 0 aromatic heterocycles. The SMILES string of the molecule is CC1(C)OC[C@H]([C@H](C/C=C/N)OC(=O)c2ccccc2)O1. The molecule has 1 aromatic rings. The van der Waals surface area contributed by atoms with Crippen molar-refractivity contribution in [2.24, 2.45) is 5.73 Å². The number of nitrogens with two attached hydrogens (primary N) is 1. The Kier molecular flexibility index (Phi) is 4.98. The van der Waals surface area contributed by atoms with Crippen molar-refractivity contribution in [3.8, 4) is 0 Å². The Balaban J connectivity index is 2.05. The molecule has 1 aliphatic heterocycles. The lowest BCUT2D eigenvalue weighted by molar-refractivity contribution is -0.151. The maximum Gasteiger partial charge on any atom is 0.338 e. The van der Waals surface area contributed by atoms with Gasteiger partial charge in [0.25, 0.3) is 0 Å². The van der Waals surface area contributed by atoms with Gasteiger partial charge in [0.05, 0.1) is 12.2 Å². The Morgan fingerprint density at radius 3 is 2.76 bits per heavy atom. The van der Waals surface area contributed by atoms with Crippen LogP contribution in [0.25, 0.3) is 0 Å².